The zero-order valence-electron chi connectivity index (χ0n) is 12.4. The van der Waals surface area contributed by atoms with E-state index in [1.54, 1.807) is 12.1 Å². The van der Waals surface area contributed by atoms with Crippen LogP contribution in [0.15, 0.2) is 46.9 Å². The van der Waals surface area contributed by atoms with E-state index >= 15 is 0 Å². The number of furan rings is 1. The fourth-order valence-corrected chi connectivity index (χ4v) is 2.24. The third kappa shape index (κ3) is 2.50. The summed E-state index contributed by atoms with van der Waals surface area (Å²) in [6, 6.07) is 13.1. The molecule has 0 aliphatic heterocycles. The molecule has 0 saturated heterocycles. The molecule has 0 aliphatic carbocycles. The Labute approximate surface area is 127 Å². The van der Waals surface area contributed by atoms with E-state index in [9.17, 15) is 4.79 Å². The number of hydrogen-bond acceptors (Lipinski definition) is 5. The Bertz CT molecular complexity index is 777. The monoisotopic (exact) mass is 296 g/mol. The van der Waals surface area contributed by atoms with Gasteiger partial charge < -0.3 is 15.1 Å². The largest absolute Gasteiger partial charge is 0.459 e. The highest BCUT2D eigenvalue weighted by Crippen LogP contribution is 2.28. The number of para-hydroxylation sites is 1. The van der Waals surface area contributed by atoms with Crippen LogP contribution in [0.1, 0.15) is 29.2 Å². The van der Waals surface area contributed by atoms with Crippen LogP contribution in [0, 0.1) is 0 Å². The Morgan fingerprint density at radius 1 is 1.23 bits per heavy atom. The van der Waals surface area contributed by atoms with Gasteiger partial charge in [0.1, 0.15) is 11.3 Å². The molecule has 6 nitrogen and oxygen atoms in total. The summed E-state index contributed by atoms with van der Waals surface area (Å²) in [5.74, 6) is 0.884. The molecule has 1 unspecified atom stereocenters. The Morgan fingerprint density at radius 3 is 2.64 bits per heavy atom. The molecule has 112 valence electrons. The van der Waals surface area contributed by atoms with Crippen LogP contribution in [-0.4, -0.2) is 23.2 Å². The van der Waals surface area contributed by atoms with Crippen molar-refractivity contribution in [2.24, 2.45) is 5.73 Å². The first kappa shape index (κ1) is 14.1. The summed E-state index contributed by atoms with van der Waals surface area (Å²) in [4.78, 5) is 13.0. The third-order valence-corrected chi connectivity index (χ3v) is 3.70. The lowest BCUT2D eigenvalue weighted by Crippen LogP contribution is -2.23. The first-order chi connectivity index (χ1) is 10.6. The molecule has 0 radical (unpaired) electrons. The molecular formula is C16H16N4O2. The van der Waals surface area contributed by atoms with Crippen molar-refractivity contribution >= 4 is 22.7 Å². The highest BCUT2D eigenvalue weighted by atomic mass is 16.3. The fourth-order valence-electron chi connectivity index (χ4n) is 2.24. The van der Waals surface area contributed by atoms with Crippen LogP contribution in [0.25, 0.3) is 11.0 Å². The number of fused-ring (bicyclic) bond motifs is 1. The summed E-state index contributed by atoms with van der Waals surface area (Å²) < 4.78 is 5.87. The summed E-state index contributed by atoms with van der Waals surface area (Å²) in [6.07, 6.45) is 0. The number of hydrogen-bond donors (Lipinski definition) is 1. The molecule has 0 bridgehead atoms. The third-order valence-electron chi connectivity index (χ3n) is 3.70. The number of amides is 1. The maximum absolute atomic E-state index is 11.0. The lowest BCUT2D eigenvalue weighted by atomic mass is 10.2. The van der Waals surface area contributed by atoms with Gasteiger partial charge in [0.25, 0.3) is 5.91 Å². The van der Waals surface area contributed by atoms with Crippen LogP contribution in [0.4, 0.5) is 5.82 Å². The minimum absolute atomic E-state index is 0.0267. The molecule has 2 aromatic heterocycles. The van der Waals surface area contributed by atoms with Crippen LogP contribution in [0.5, 0.6) is 0 Å². The number of nitrogens with zero attached hydrogens (tertiary/aromatic N) is 3. The standard InChI is InChI=1S/C16H16N4O2/c1-10(14-9-11-5-3-4-6-13(11)22-14)20(2)15-8-7-12(16(17)21)18-19-15/h3-10H,1-2H3,(H2,17,21). The van der Waals surface area contributed by atoms with Crippen molar-refractivity contribution in [2.75, 3.05) is 11.9 Å². The van der Waals surface area contributed by atoms with Crippen molar-refractivity contribution in [3.05, 3.63) is 53.9 Å². The number of nitrogens with two attached hydrogens (primary N) is 1. The van der Waals surface area contributed by atoms with Gasteiger partial charge in [0.05, 0.1) is 6.04 Å². The van der Waals surface area contributed by atoms with Crippen molar-refractivity contribution in [3.63, 3.8) is 0 Å². The van der Waals surface area contributed by atoms with E-state index in [4.69, 9.17) is 10.2 Å². The Morgan fingerprint density at radius 2 is 2.00 bits per heavy atom. The van der Waals surface area contributed by atoms with Crippen molar-refractivity contribution in [1.82, 2.24) is 10.2 Å². The van der Waals surface area contributed by atoms with E-state index in [1.807, 2.05) is 49.2 Å². The van der Waals surface area contributed by atoms with E-state index in [-0.39, 0.29) is 11.7 Å². The van der Waals surface area contributed by atoms with Crippen LogP contribution in [0.2, 0.25) is 0 Å². The summed E-state index contributed by atoms with van der Waals surface area (Å²) in [5.41, 5.74) is 6.17. The molecule has 1 atom stereocenters. The first-order valence-corrected chi connectivity index (χ1v) is 6.91. The molecule has 3 aromatic rings. The fraction of sp³-hybridized carbons (Fsp3) is 0.188. The van der Waals surface area contributed by atoms with Gasteiger partial charge in [-0.15, -0.1) is 10.2 Å². The van der Waals surface area contributed by atoms with E-state index in [1.165, 1.54) is 0 Å². The van der Waals surface area contributed by atoms with Crippen molar-refractivity contribution in [1.29, 1.82) is 0 Å². The van der Waals surface area contributed by atoms with Crippen LogP contribution in [-0.2, 0) is 0 Å². The Hall–Kier alpha value is -2.89. The van der Waals surface area contributed by atoms with Gasteiger partial charge in [-0.2, -0.15) is 0 Å². The van der Waals surface area contributed by atoms with E-state index in [0.717, 1.165) is 16.7 Å². The number of primary amides is 1. The lowest BCUT2D eigenvalue weighted by Gasteiger charge is -2.23. The normalized spacial score (nSPS) is 12.3. The molecule has 3 rings (SSSR count). The average Bonchev–Trinajstić information content (AvgIpc) is 2.97. The van der Waals surface area contributed by atoms with Gasteiger partial charge in [-0.25, -0.2) is 0 Å². The number of aromatic nitrogens is 2. The number of anilines is 1. The Kier molecular flexibility index (Phi) is 3.50. The van der Waals surface area contributed by atoms with Gasteiger partial charge in [-0.3, -0.25) is 4.79 Å². The van der Waals surface area contributed by atoms with Crippen molar-refractivity contribution in [3.8, 4) is 0 Å². The number of carbonyl (C=O) groups is 1. The van der Waals surface area contributed by atoms with Crippen LogP contribution in [0.3, 0.4) is 0 Å². The van der Waals surface area contributed by atoms with Gasteiger partial charge in [-0.05, 0) is 31.2 Å². The molecule has 0 fully saturated rings. The highest BCUT2D eigenvalue weighted by Gasteiger charge is 2.18. The van der Waals surface area contributed by atoms with Gasteiger partial charge in [0, 0.05) is 12.4 Å². The number of benzene rings is 1. The van der Waals surface area contributed by atoms with Gasteiger partial charge in [0.2, 0.25) is 0 Å². The molecule has 6 heteroatoms. The second-order valence-electron chi connectivity index (χ2n) is 5.11. The molecule has 1 aromatic carbocycles. The highest BCUT2D eigenvalue weighted by molar-refractivity contribution is 5.90. The zero-order valence-corrected chi connectivity index (χ0v) is 12.4. The zero-order chi connectivity index (χ0) is 15.7. The van der Waals surface area contributed by atoms with Gasteiger partial charge >= 0.3 is 0 Å². The lowest BCUT2D eigenvalue weighted by molar-refractivity contribution is 0.0994. The second-order valence-corrected chi connectivity index (χ2v) is 5.11. The summed E-state index contributed by atoms with van der Waals surface area (Å²) in [7, 11) is 1.89. The van der Waals surface area contributed by atoms with Gasteiger partial charge in [-0.1, -0.05) is 18.2 Å². The summed E-state index contributed by atoms with van der Waals surface area (Å²) >= 11 is 0. The molecule has 0 spiro atoms. The maximum Gasteiger partial charge on any atom is 0.269 e. The molecule has 2 heterocycles. The number of carbonyl (C=O) groups excluding carboxylic acids is 1. The summed E-state index contributed by atoms with van der Waals surface area (Å²) in [6.45, 7) is 2.02. The maximum atomic E-state index is 11.0. The minimum atomic E-state index is -0.591. The van der Waals surface area contributed by atoms with Crippen molar-refractivity contribution < 1.29 is 9.21 Å². The molecule has 2 N–H and O–H groups in total. The molecule has 0 saturated carbocycles. The SMILES string of the molecule is CC(c1cc2ccccc2o1)N(C)c1ccc(C(N)=O)nn1. The predicted molar refractivity (Wildman–Crippen MR) is 83.6 cm³/mol. The van der Waals surface area contributed by atoms with Gasteiger partial charge in [0.15, 0.2) is 11.5 Å². The van der Waals surface area contributed by atoms with Crippen molar-refractivity contribution in [2.45, 2.75) is 13.0 Å². The van der Waals surface area contributed by atoms with Crippen LogP contribution < -0.4 is 10.6 Å². The van der Waals surface area contributed by atoms with E-state index in [2.05, 4.69) is 10.2 Å². The van der Waals surface area contributed by atoms with Crippen LogP contribution >= 0.6 is 0 Å². The topological polar surface area (TPSA) is 85.3 Å². The smallest absolute Gasteiger partial charge is 0.269 e. The molecule has 0 aliphatic rings. The molecule has 1 amide bonds. The quantitative estimate of drug-likeness (QED) is 0.799. The van der Waals surface area contributed by atoms with E-state index < -0.39 is 5.91 Å². The second kappa shape index (κ2) is 5.48. The number of rotatable bonds is 4. The Balaban J connectivity index is 1.86. The molecular weight excluding hydrogens is 280 g/mol. The predicted octanol–water partition coefficient (Wildman–Crippen LogP) is 2.52. The van der Waals surface area contributed by atoms with E-state index in [0.29, 0.717) is 5.82 Å². The average molecular weight is 296 g/mol. The first-order valence-electron chi connectivity index (χ1n) is 6.91. The molecule has 22 heavy (non-hydrogen) atoms. The summed E-state index contributed by atoms with van der Waals surface area (Å²) in [5, 5.41) is 8.92. The minimum Gasteiger partial charge on any atom is -0.459 e.